The fraction of sp³-hybridized carbons (Fsp3) is 0.278. The van der Waals surface area contributed by atoms with Gasteiger partial charge in [0.05, 0.1) is 6.61 Å². The van der Waals surface area contributed by atoms with Gasteiger partial charge in [-0.15, -0.1) is 0 Å². The maximum atomic E-state index is 6.26. The highest BCUT2D eigenvalue weighted by atomic mass is 16.5. The van der Waals surface area contributed by atoms with Crippen LogP contribution in [-0.2, 0) is 6.42 Å². The summed E-state index contributed by atoms with van der Waals surface area (Å²) in [7, 11) is 0. The van der Waals surface area contributed by atoms with Crippen LogP contribution in [0.5, 0.6) is 11.5 Å². The van der Waals surface area contributed by atoms with Crippen molar-refractivity contribution in [1.82, 2.24) is 4.98 Å². The van der Waals surface area contributed by atoms with E-state index in [1.807, 2.05) is 37.3 Å². The summed E-state index contributed by atoms with van der Waals surface area (Å²) < 4.78 is 11.3. The van der Waals surface area contributed by atoms with Crippen LogP contribution in [-0.4, -0.2) is 18.2 Å². The molecule has 2 N–H and O–H groups in total. The van der Waals surface area contributed by atoms with Gasteiger partial charge in [0.2, 0.25) is 0 Å². The Labute approximate surface area is 131 Å². The minimum atomic E-state index is -0.0718. The second-order valence-corrected chi connectivity index (χ2v) is 4.90. The third-order valence-corrected chi connectivity index (χ3v) is 3.25. The summed E-state index contributed by atoms with van der Waals surface area (Å²) in [6.07, 6.45) is 5.95. The van der Waals surface area contributed by atoms with E-state index in [4.69, 9.17) is 15.2 Å². The van der Waals surface area contributed by atoms with E-state index in [0.29, 0.717) is 13.2 Å². The summed E-state index contributed by atoms with van der Waals surface area (Å²) in [5, 5.41) is 0. The number of ether oxygens (including phenoxy) is 2. The van der Waals surface area contributed by atoms with Gasteiger partial charge in [0.1, 0.15) is 6.61 Å². The molecule has 116 valence electrons. The minimum absolute atomic E-state index is 0.0718. The molecule has 1 heterocycles. The summed E-state index contributed by atoms with van der Waals surface area (Å²) in [6.45, 7) is 6.65. The predicted molar refractivity (Wildman–Crippen MR) is 88.2 cm³/mol. The lowest BCUT2D eigenvalue weighted by molar-refractivity contribution is 0.296. The fourth-order valence-electron chi connectivity index (χ4n) is 2.20. The number of nitrogens with two attached hydrogens (primary N) is 1. The Morgan fingerprint density at radius 3 is 2.64 bits per heavy atom. The standard InChI is InChI=1S/C18H22N2O2/c1-3-11-22-17-6-5-14(13-18(17)21-4-2)12-16(19)15-7-9-20-10-8-15/h3,5-10,13,16H,1,4,11-12,19H2,2H3. The van der Waals surface area contributed by atoms with Gasteiger partial charge in [0.25, 0.3) is 0 Å². The molecule has 0 spiro atoms. The normalized spacial score (nSPS) is 11.7. The highest BCUT2D eigenvalue weighted by molar-refractivity contribution is 5.43. The average Bonchev–Trinajstić information content (AvgIpc) is 2.55. The molecule has 0 amide bonds. The summed E-state index contributed by atoms with van der Waals surface area (Å²) in [5.41, 5.74) is 8.44. The van der Waals surface area contributed by atoms with Gasteiger partial charge in [-0.1, -0.05) is 18.7 Å². The molecular weight excluding hydrogens is 276 g/mol. The molecule has 1 unspecified atom stereocenters. The van der Waals surface area contributed by atoms with Crippen LogP contribution in [0, 0.1) is 0 Å². The van der Waals surface area contributed by atoms with E-state index in [1.54, 1.807) is 18.5 Å². The lowest BCUT2D eigenvalue weighted by Crippen LogP contribution is -2.13. The van der Waals surface area contributed by atoms with Gasteiger partial charge in [0, 0.05) is 18.4 Å². The Morgan fingerprint density at radius 2 is 1.95 bits per heavy atom. The zero-order valence-electron chi connectivity index (χ0n) is 12.9. The maximum Gasteiger partial charge on any atom is 0.161 e. The van der Waals surface area contributed by atoms with Gasteiger partial charge in [-0.3, -0.25) is 4.98 Å². The third-order valence-electron chi connectivity index (χ3n) is 3.25. The largest absolute Gasteiger partial charge is 0.490 e. The molecule has 4 nitrogen and oxygen atoms in total. The lowest BCUT2D eigenvalue weighted by Gasteiger charge is -2.15. The van der Waals surface area contributed by atoms with Crippen LogP contribution in [0.1, 0.15) is 24.1 Å². The van der Waals surface area contributed by atoms with Crippen molar-refractivity contribution < 1.29 is 9.47 Å². The average molecular weight is 298 g/mol. The minimum Gasteiger partial charge on any atom is -0.490 e. The molecule has 0 fully saturated rings. The van der Waals surface area contributed by atoms with Crippen LogP contribution in [0.3, 0.4) is 0 Å². The molecular formula is C18H22N2O2. The van der Waals surface area contributed by atoms with Gasteiger partial charge in [-0.05, 0) is 48.7 Å². The molecule has 1 aromatic carbocycles. The SMILES string of the molecule is C=CCOc1ccc(CC(N)c2ccncc2)cc1OCC. The van der Waals surface area contributed by atoms with Crippen molar-refractivity contribution in [3.63, 3.8) is 0 Å². The van der Waals surface area contributed by atoms with Crippen molar-refractivity contribution in [3.05, 3.63) is 66.5 Å². The van der Waals surface area contributed by atoms with E-state index in [2.05, 4.69) is 11.6 Å². The molecule has 0 aliphatic heterocycles. The maximum absolute atomic E-state index is 6.26. The number of hydrogen-bond acceptors (Lipinski definition) is 4. The lowest BCUT2D eigenvalue weighted by atomic mass is 10.0. The van der Waals surface area contributed by atoms with Crippen molar-refractivity contribution in [1.29, 1.82) is 0 Å². The van der Waals surface area contributed by atoms with Crippen molar-refractivity contribution in [2.75, 3.05) is 13.2 Å². The van der Waals surface area contributed by atoms with Crippen molar-refractivity contribution in [2.24, 2.45) is 5.73 Å². The molecule has 0 aliphatic carbocycles. The zero-order valence-corrected chi connectivity index (χ0v) is 12.9. The van der Waals surface area contributed by atoms with E-state index >= 15 is 0 Å². The first-order chi connectivity index (χ1) is 10.7. The topological polar surface area (TPSA) is 57.4 Å². The molecule has 0 radical (unpaired) electrons. The molecule has 22 heavy (non-hydrogen) atoms. The fourth-order valence-corrected chi connectivity index (χ4v) is 2.20. The molecule has 2 aromatic rings. The van der Waals surface area contributed by atoms with Crippen molar-refractivity contribution in [3.8, 4) is 11.5 Å². The highest BCUT2D eigenvalue weighted by Crippen LogP contribution is 2.30. The summed E-state index contributed by atoms with van der Waals surface area (Å²) in [6, 6.07) is 9.73. The Bertz CT molecular complexity index is 599. The molecule has 0 aliphatic rings. The number of hydrogen-bond donors (Lipinski definition) is 1. The summed E-state index contributed by atoms with van der Waals surface area (Å²) >= 11 is 0. The molecule has 4 heteroatoms. The van der Waals surface area contributed by atoms with E-state index in [1.165, 1.54) is 0 Å². The molecule has 2 rings (SSSR count). The Hall–Kier alpha value is -2.33. The number of benzene rings is 1. The van der Waals surface area contributed by atoms with E-state index < -0.39 is 0 Å². The molecule has 1 aromatic heterocycles. The molecule has 0 saturated heterocycles. The summed E-state index contributed by atoms with van der Waals surface area (Å²) in [4.78, 5) is 4.01. The second-order valence-electron chi connectivity index (χ2n) is 4.90. The quantitative estimate of drug-likeness (QED) is 0.760. The van der Waals surface area contributed by atoms with Crippen LogP contribution < -0.4 is 15.2 Å². The summed E-state index contributed by atoms with van der Waals surface area (Å²) in [5.74, 6) is 1.46. The van der Waals surface area contributed by atoms with Crippen LogP contribution in [0.15, 0.2) is 55.4 Å². The van der Waals surface area contributed by atoms with E-state index in [9.17, 15) is 0 Å². The third kappa shape index (κ3) is 4.33. The van der Waals surface area contributed by atoms with Crippen LogP contribution in [0.2, 0.25) is 0 Å². The Kier molecular flexibility index (Phi) is 5.98. The van der Waals surface area contributed by atoms with Gasteiger partial charge in [0.15, 0.2) is 11.5 Å². The van der Waals surface area contributed by atoms with Gasteiger partial charge >= 0.3 is 0 Å². The number of nitrogens with zero attached hydrogens (tertiary/aromatic N) is 1. The van der Waals surface area contributed by atoms with E-state index in [-0.39, 0.29) is 6.04 Å². The first-order valence-electron chi connectivity index (χ1n) is 7.39. The Morgan fingerprint density at radius 1 is 1.18 bits per heavy atom. The van der Waals surface area contributed by atoms with Crippen molar-refractivity contribution in [2.45, 2.75) is 19.4 Å². The van der Waals surface area contributed by atoms with Gasteiger partial charge < -0.3 is 15.2 Å². The molecule has 1 atom stereocenters. The monoisotopic (exact) mass is 298 g/mol. The highest BCUT2D eigenvalue weighted by Gasteiger charge is 2.10. The predicted octanol–water partition coefficient (Wildman–Crippen LogP) is 3.29. The van der Waals surface area contributed by atoms with Gasteiger partial charge in [-0.25, -0.2) is 0 Å². The number of aromatic nitrogens is 1. The van der Waals surface area contributed by atoms with Crippen LogP contribution >= 0.6 is 0 Å². The second kappa shape index (κ2) is 8.20. The van der Waals surface area contributed by atoms with E-state index in [0.717, 1.165) is 29.0 Å². The Balaban J connectivity index is 2.14. The van der Waals surface area contributed by atoms with Crippen LogP contribution in [0.4, 0.5) is 0 Å². The molecule has 0 saturated carbocycles. The first kappa shape index (κ1) is 16.0. The van der Waals surface area contributed by atoms with Crippen molar-refractivity contribution >= 4 is 0 Å². The number of pyridine rings is 1. The molecule has 0 bridgehead atoms. The number of rotatable bonds is 8. The van der Waals surface area contributed by atoms with Gasteiger partial charge in [-0.2, -0.15) is 0 Å². The van der Waals surface area contributed by atoms with Crippen LogP contribution in [0.25, 0.3) is 0 Å². The first-order valence-corrected chi connectivity index (χ1v) is 7.39. The smallest absolute Gasteiger partial charge is 0.161 e. The zero-order chi connectivity index (χ0) is 15.8.